The summed E-state index contributed by atoms with van der Waals surface area (Å²) in [5, 5.41) is 6.84. The van der Waals surface area contributed by atoms with E-state index in [1.807, 2.05) is 23.1 Å². The number of nitrogens with one attached hydrogen (secondary N) is 2. The predicted octanol–water partition coefficient (Wildman–Crippen LogP) is 2.08. The lowest BCUT2D eigenvalue weighted by Gasteiger charge is -2.33. The van der Waals surface area contributed by atoms with Gasteiger partial charge in [0.15, 0.2) is 5.96 Å². The van der Waals surface area contributed by atoms with Gasteiger partial charge in [0, 0.05) is 65.0 Å². The van der Waals surface area contributed by atoms with Gasteiger partial charge in [-0.3, -0.25) is 19.5 Å². The number of piperidine rings is 1. The first-order valence-corrected chi connectivity index (χ1v) is 11.8. The number of carbonyl (C=O) groups excluding carboxylic acids is 2. The zero-order chi connectivity index (χ0) is 22.9. The fourth-order valence-corrected chi connectivity index (χ4v) is 4.23. The van der Waals surface area contributed by atoms with Crippen LogP contribution in [0.1, 0.15) is 38.2 Å². The van der Waals surface area contributed by atoms with Crippen molar-refractivity contribution in [3.05, 3.63) is 29.8 Å². The smallest absolute Gasteiger partial charge is 0.236 e. The normalized spacial score (nSPS) is 16.7. The quantitative estimate of drug-likeness (QED) is 0.217. The second-order valence-corrected chi connectivity index (χ2v) is 8.77. The monoisotopic (exact) mass is 570 g/mol. The summed E-state index contributed by atoms with van der Waals surface area (Å²) >= 11 is 0. The number of benzene rings is 1. The van der Waals surface area contributed by atoms with Crippen molar-refractivity contribution < 1.29 is 9.59 Å². The molecule has 2 aliphatic rings. The Morgan fingerprint density at radius 3 is 2.58 bits per heavy atom. The van der Waals surface area contributed by atoms with E-state index in [2.05, 4.69) is 28.5 Å². The molecule has 0 aromatic heterocycles. The number of likely N-dealkylation sites (tertiary alicyclic amines) is 1. The van der Waals surface area contributed by atoms with Crippen molar-refractivity contribution in [2.75, 3.05) is 58.3 Å². The largest absolute Gasteiger partial charge is 0.357 e. The molecule has 0 radical (unpaired) electrons. The van der Waals surface area contributed by atoms with E-state index in [1.54, 1.807) is 19.0 Å². The summed E-state index contributed by atoms with van der Waals surface area (Å²) in [7, 11) is 3.60. The summed E-state index contributed by atoms with van der Waals surface area (Å²) in [5.74, 6) is 1.15. The van der Waals surface area contributed by atoms with Crippen LogP contribution in [0.25, 0.3) is 0 Å². The fraction of sp³-hybridized carbons (Fsp3) is 0.625. The Hall–Kier alpha value is -1.88. The number of anilines is 1. The van der Waals surface area contributed by atoms with Gasteiger partial charge in [0.2, 0.25) is 11.8 Å². The van der Waals surface area contributed by atoms with Crippen molar-refractivity contribution >= 4 is 47.4 Å². The maximum Gasteiger partial charge on any atom is 0.236 e. The molecule has 8 nitrogen and oxygen atoms in total. The van der Waals surface area contributed by atoms with E-state index in [-0.39, 0.29) is 35.8 Å². The molecule has 0 bridgehead atoms. The maximum absolute atomic E-state index is 12.7. The first-order chi connectivity index (χ1) is 15.5. The molecule has 2 N–H and O–H groups in total. The van der Waals surface area contributed by atoms with Crippen molar-refractivity contribution in [2.45, 2.75) is 45.1 Å². The van der Waals surface area contributed by atoms with Crippen molar-refractivity contribution in [3.63, 3.8) is 0 Å². The van der Waals surface area contributed by atoms with E-state index >= 15 is 0 Å². The number of guanidine groups is 1. The Morgan fingerprint density at radius 1 is 1.15 bits per heavy atom. The molecule has 0 aliphatic carbocycles. The molecule has 1 aromatic carbocycles. The van der Waals surface area contributed by atoms with Gasteiger partial charge < -0.3 is 20.4 Å². The highest BCUT2D eigenvalue weighted by molar-refractivity contribution is 14.0. The van der Waals surface area contributed by atoms with E-state index < -0.39 is 0 Å². The van der Waals surface area contributed by atoms with E-state index in [4.69, 9.17) is 4.99 Å². The maximum atomic E-state index is 12.7. The molecule has 33 heavy (non-hydrogen) atoms. The molecule has 2 amide bonds. The average Bonchev–Trinajstić information content (AvgIpc) is 3.22. The van der Waals surface area contributed by atoms with Crippen LogP contribution in [0.4, 0.5) is 5.69 Å². The number of likely N-dealkylation sites (N-methyl/N-ethyl adjacent to an activating group) is 1. The second kappa shape index (κ2) is 13.7. The van der Waals surface area contributed by atoms with Crippen LogP contribution >= 0.6 is 24.0 Å². The van der Waals surface area contributed by atoms with Crippen LogP contribution in [0.5, 0.6) is 0 Å². The van der Waals surface area contributed by atoms with Gasteiger partial charge in [-0.05, 0) is 44.2 Å². The Balaban J connectivity index is 0.00000385. The highest BCUT2D eigenvalue weighted by atomic mass is 127. The minimum absolute atomic E-state index is 0. The Labute approximate surface area is 215 Å². The van der Waals surface area contributed by atoms with Crippen LogP contribution < -0.4 is 15.5 Å². The van der Waals surface area contributed by atoms with Gasteiger partial charge in [0.05, 0.1) is 6.54 Å². The third kappa shape index (κ3) is 8.13. The van der Waals surface area contributed by atoms with Crippen LogP contribution in [0.2, 0.25) is 0 Å². The SMILES string of the molecule is CCNC(=NCCCC(=O)N1CCc2ccccc21)NC1CCN(CC(=O)N(C)C)CC1.I. The van der Waals surface area contributed by atoms with Gasteiger partial charge in [-0.15, -0.1) is 24.0 Å². The fourth-order valence-electron chi connectivity index (χ4n) is 4.23. The molecule has 2 aliphatic heterocycles. The van der Waals surface area contributed by atoms with Crippen molar-refractivity contribution in [1.82, 2.24) is 20.4 Å². The number of para-hydroxylation sites is 1. The minimum atomic E-state index is 0. The average molecular weight is 571 g/mol. The molecule has 1 aromatic rings. The number of aliphatic imine (C=N–C) groups is 1. The molecule has 0 saturated carbocycles. The lowest BCUT2D eigenvalue weighted by atomic mass is 10.1. The highest BCUT2D eigenvalue weighted by Gasteiger charge is 2.24. The van der Waals surface area contributed by atoms with Gasteiger partial charge >= 0.3 is 0 Å². The Morgan fingerprint density at radius 2 is 1.88 bits per heavy atom. The van der Waals surface area contributed by atoms with Gasteiger partial charge in [-0.1, -0.05) is 18.2 Å². The molecule has 184 valence electrons. The summed E-state index contributed by atoms with van der Waals surface area (Å²) in [6, 6.07) is 8.51. The third-order valence-electron chi connectivity index (χ3n) is 6.14. The third-order valence-corrected chi connectivity index (χ3v) is 6.14. The highest BCUT2D eigenvalue weighted by Crippen LogP contribution is 2.28. The molecule has 9 heteroatoms. The topological polar surface area (TPSA) is 80.3 Å². The first kappa shape index (κ1) is 27.4. The van der Waals surface area contributed by atoms with Crippen LogP contribution in [-0.2, 0) is 16.0 Å². The van der Waals surface area contributed by atoms with Crippen molar-refractivity contribution in [1.29, 1.82) is 0 Å². The number of fused-ring (bicyclic) bond motifs is 1. The molecular formula is C24H39IN6O2. The molecule has 2 heterocycles. The van der Waals surface area contributed by atoms with Crippen molar-refractivity contribution in [3.8, 4) is 0 Å². The molecule has 0 spiro atoms. The first-order valence-electron chi connectivity index (χ1n) is 11.8. The number of halogens is 1. The Bertz CT molecular complexity index is 808. The summed E-state index contributed by atoms with van der Waals surface area (Å²) in [4.78, 5) is 35.0. The number of carbonyl (C=O) groups is 2. The molecule has 3 rings (SSSR count). The van der Waals surface area contributed by atoms with Gasteiger partial charge in [-0.2, -0.15) is 0 Å². The van der Waals surface area contributed by atoms with Gasteiger partial charge in [0.25, 0.3) is 0 Å². The van der Waals surface area contributed by atoms with Crippen LogP contribution in [0.15, 0.2) is 29.3 Å². The van der Waals surface area contributed by atoms with E-state index in [9.17, 15) is 9.59 Å². The van der Waals surface area contributed by atoms with E-state index in [0.717, 1.165) is 63.5 Å². The zero-order valence-corrected chi connectivity index (χ0v) is 22.5. The standard InChI is InChI=1S/C24H38N6O2.HI/c1-4-25-24(27-20-12-15-29(16-13-20)18-23(32)28(2)3)26-14-7-10-22(31)30-17-11-19-8-5-6-9-21(19)30;/h5-6,8-9,20H,4,7,10-18H2,1-3H3,(H2,25,26,27);1H. The molecule has 0 atom stereocenters. The summed E-state index contributed by atoms with van der Waals surface area (Å²) < 4.78 is 0. The molecular weight excluding hydrogens is 531 g/mol. The summed E-state index contributed by atoms with van der Waals surface area (Å²) in [5.41, 5.74) is 2.32. The second-order valence-electron chi connectivity index (χ2n) is 8.77. The minimum Gasteiger partial charge on any atom is -0.357 e. The van der Waals surface area contributed by atoms with Gasteiger partial charge in [-0.25, -0.2) is 0 Å². The van der Waals surface area contributed by atoms with Crippen LogP contribution in [0.3, 0.4) is 0 Å². The molecule has 1 saturated heterocycles. The lowest BCUT2D eigenvalue weighted by molar-refractivity contribution is -0.130. The van der Waals surface area contributed by atoms with Gasteiger partial charge in [0.1, 0.15) is 0 Å². The Kier molecular flexibility index (Phi) is 11.4. The van der Waals surface area contributed by atoms with E-state index in [1.165, 1.54) is 5.56 Å². The molecule has 1 fully saturated rings. The number of rotatable bonds is 8. The predicted molar refractivity (Wildman–Crippen MR) is 144 cm³/mol. The number of nitrogens with zero attached hydrogens (tertiary/aromatic N) is 4. The zero-order valence-electron chi connectivity index (χ0n) is 20.2. The molecule has 0 unspecified atom stereocenters. The van der Waals surface area contributed by atoms with Crippen LogP contribution in [0, 0.1) is 0 Å². The summed E-state index contributed by atoms with van der Waals surface area (Å²) in [6.45, 7) is 6.55. The number of amides is 2. The van der Waals surface area contributed by atoms with Crippen molar-refractivity contribution in [2.24, 2.45) is 4.99 Å². The van der Waals surface area contributed by atoms with Crippen LogP contribution in [-0.4, -0.2) is 87.0 Å². The van der Waals surface area contributed by atoms with E-state index in [0.29, 0.717) is 25.6 Å². The lowest BCUT2D eigenvalue weighted by Crippen LogP contribution is -2.50. The number of hydrogen-bond acceptors (Lipinski definition) is 4. The number of hydrogen-bond donors (Lipinski definition) is 2. The summed E-state index contributed by atoms with van der Waals surface area (Å²) in [6.07, 6.45) is 4.15.